The van der Waals surface area contributed by atoms with E-state index < -0.39 is 40.5 Å². The maximum absolute atomic E-state index is 13.2. The lowest BCUT2D eigenvalue weighted by atomic mass is 10.2. The highest BCUT2D eigenvalue weighted by molar-refractivity contribution is 6.31. The van der Waals surface area contributed by atoms with E-state index in [1.54, 1.807) is 12.1 Å². The highest BCUT2D eigenvalue weighted by atomic mass is 35.5. The number of alkyl halides is 3. The lowest BCUT2D eigenvalue weighted by Crippen LogP contribution is -2.42. The van der Waals surface area contributed by atoms with Gasteiger partial charge in [-0.05, 0) is 48.0 Å². The summed E-state index contributed by atoms with van der Waals surface area (Å²) < 4.78 is 41.3. The summed E-state index contributed by atoms with van der Waals surface area (Å²) in [6.07, 6.45) is -0.319. The summed E-state index contributed by atoms with van der Waals surface area (Å²) in [5, 5.41) is 1.82. The Labute approximate surface area is 194 Å². The molecule has 0 aliphatic rings. The zero-order valence-electron chi connectivity index (χ0n) is 17.2. The van der Waals surface area contributed by atoms with Gasteiger partial charge in [-0.1, -0.05) is 11.6 Å². The summed E-state index contributed by atoms with van der Waals surface area (Å²) in [6.45, 7) is -0.651. The van der Waals surface area contributed by atoms with Gasteiger partial charge in [0.1, 0.15) is 6.54 Å². The van der Waals surface area contributed by atoms with Gasteiger partial charge in [0.2, 0.25) is 5.91 Å². The summed E-state index contributed by atoms with van der Waals surface area (Å²) in [4.78, 5) is 46.7. The minimum absolute atomic E-state index is 0.0326. The number of nitrogens with zero attached hydrogens (tertiary/aromatic N) is 4. The van der Waals surface area contributed by atoms with Crippen LogP contribution in [-0.4, -0.2) is 25.0 Å². The van der Waals surface area contributed by atoms with E-state index in [2.05, 4.69) is 15.3 Å². The molecule has 0 saturated carbocycles. The summed E-state index contributed by atoms with van der Waals surface area (Å²) >= 11 is 5.61. The van der Waals surface area contributed by atoms with Crippen molar-refractivity contribution in [3.05, 3.63) is 98.0 Å². The van der Waals surface area contributed by atoms with Crippen LogP contribution in [0.3, 0.4) is 0 Å². The second-order valence-corrected chi connectivity index (χ2v) is 7.63. The van der Waals surface area contributed by atoms with Gasteiger partial charge in [-0.25, -0.2) is 9.78 Å². The zero-order chi connectivity index (χ0) is 24.5. The van der Waals surface area contributed by atoms with Gasteiger partial charge in [0.25, 0.3) is 5.56 Å². The molecule has 0 atom stereocenters. The van der Waals surface area contributed by atoms with E-state index in [0.29, 0.717) is 11.6 Å². The number of carbonyl (C=O) groups is 1. The van der Waals surface area contributed by atoms with Crippen LogP contribution in [0.1, 0.15) is 11.1 Å². The Bertz CT molecular complexity index is 1500. The molecule has 0 saturated heterocycles. The Morgan fingerprint density at radius 1 is 1.03 bits per heavy atom. The number of nitrogens with one attached hydrogen (secondary N) is 1. The summed E-state index contributed by atoms with van der Waals surface area (Å²) in [5.41, 5.74) is -1.96. The molecule has 0 unspecified atom stereocenters. The Kier molecular flexibility index (Phi) is 6.20. The molecule has 0 spiro atoms. The average molecular weight is 490 g/mol. The molecule has 34 heavy (non-hydrogen) atoms. The standard InChI is InChI=1S/C22H15ClF3N5O3/c23-16-4-3-14(10-15(16)22(24,25)26)29-18(32)12-30-17-2-1-7-28-19(17)20(33)31(21(30)34)11-13-5-8-27-9-6-13/h1-10H,11-12H2,(H,29,32). The van der Waals surface area contributed by atoms with Gasteiger partial charge < -0.3 is 5.32 Å². The first-order chi connectivity index (χ1) is 16.1. The highest BCUT2D eigenvalue weighted by Gasteiger charge is 2.33. The third-order valence-electron chi connectivity index (χ3n) is 4.93. The molecule has 0 radical (unpaired) electrons. The van der Waals surface area contributed by atoms with Gasteiger partial charge in [0, 0.05) is 24.3 Å². The van der Waals surface area contributed by atoms with E-state index in [-0.39, 0.29) is 23.3 Å². The monoisotopic (exact) mass is 489 g/mol. The number of amides is 1. The van der Waals surface area contributed by atoms with Crippen LogP contribution in [0.25, 0.3) is 11.0 Å². The van der Waals surface area contributed by atoms with Crippen molar-refractivity contribution in [2.24, 2.45) is 0 Å². The maximum Gasteiger partial charge on any atom is 0.417 e. The summed E-state index contributed by atoms with van der Waals surface area (Å²) in [6, 6.07) is 9.14. The first-order valence-electron chi connectivity index (χ1n) is 9.79. The maximum atomic E-state index is 13.2. The van der Waals surface area contributed by atoms with E-state index in [1.165, 1.54) is 36.8 Å². The van der Waals surface area contributed by atoms with Gasteiger partial charge in [-0.2, -0.15) is 13.2 Å². The Morgan fingerprint density at radius 3 is 2.47 bits per heavy atom. The van der Waals surface area contributed by atoms with Gasteiger partial charge >= 0.3 is 11.9 Å². The van der Waals surface area contributed by atoms with Crippen molar-refractivity contribution in [3.8, 4) is 0 Å². The molecule has 1 aromatic carbocycles. The molecule has 8 nitrogen and oxygen atoms in total. The Balaban J connectivity index is 1.71. The quantitative estimate of drug-likeness (QED) is 0.464. The number of pyridine rings is 2. The van der Waals surface area contributed by atoms with Crippen LogP contribution in [0.15, 0.2) is 70.6 Å². The van der Waals surface area contributed by atoms with Gasteiger partial charge in [0.05, 0.1) is 22.6 Å². The first kappa shape index (κ1) is 23.2. The van der Waals surface area contributed by atoms with Gasteiger partial charge in [0.15, 0.2) is 5.52 Å². The molecule has 1 amide bonds. The molecule has 0 aliphatic carbocycles. The van der Waals surface area contributed by atoms with Crippen LogP contribution >= 0.6 is 11.6 Å². The minimum Gasteiger partial charge on any atom is -0.325 e. The van der Waals surface area contributed by atoms with Crippen LogP contribution < -0.4 is 16.6 Å². The van der Waals surface area contributed by atoms with E-state index in [0.717, 1.165) is 15.2 Å². The number of benzene rings is 1. The predicted molar refractivity (Wildman–Crippen MR) is 119 cm³/mol. The molecular formula is C22H15ClF3N5O3. The number of anilines is 1. The van der Waals surface area contributed by atoms with Crippen molar-refractivity contribution in [1.82, 2.24) is 19.1 Å². The summed E-state index contributed by atoms with van der Waals surface area (Å²) in [5.74, 6) is -0.781. The normalized spacial score (nSPS) is 11.5. The number of carbonyl (C=O) groups excluding carboxylic acids is 1. The smallest absolute Gasteiger partial charge is 0.325 e. The second kappa shape index (κ2) is 9.10. The molecule has 0 fully saturated rings. The van der Waals surface area contributed by atoms with Crippen molar-refractivity contribution in [3.63, 3.8) is 0 Å². The second-order valence-electron chi connectivity index (χ2n) is 7.23. The number of fused-ring (bicyclic) bond motifs is 1. The molecule has 3 heterocycles. The largest absolute Gasteiger partial charge is 0.417 e. The van der Waals surface area contributed by atoms with E-state index in [4.69, 9.17) is 11.6 Å². The lowest BCUT2D eigenvalue weighted by molar-refractivity contribution is -0.137. The lowest BCUT2D eigenvalue weighted by Gasteiger charge is -2.15. The topological polar surface area (TPSA) is 98.9 Å². The van der Waals surface area contributed by atoms with Gasteiger partial charge in [-0.3, -0.25) is 23.7 Å². The van der Waals surface area contributed by atoms with Crippen LogP contribution in [0.2, 0.25) is 5.02 Å². The number of hydrogen-bond acceptors (Lipinski definition) is 5. The van der Waals surface area contributed by atoms with Crippen LogP contribution in [0, 0.1) is 0 Å². The van der Waals surface area contributed by atoms with Crippen molar-refractivity contribution in [1.29, 1.82) is 0 Å². The molecule has 4 aromatic rings. The SMILES string of the molecule is O=C(Cn1c(=O)n(Cc2ccncc2)c(=O)c2ncccc21)Nc1ccc(Cl)c(C(F)(F)F)c1. The molecule has 3 aromatic heterocycles. The van der Waals surface area contributed by atoms with E-state index >= 15 is 0 Å². The average Bonchev–Trinajstić information content (AvgIpc) is 2.80. The van der Waals surface area contributed by atoms with Crippen LogP contribution in [0.4, 0.5) is 18.9 Å². The molecule has 1 N–H and O–H groups in total. The van der Waals surface area contributed by atoms with Crippen molar-refractivity contribution in [2.45, 2.75) is 19.3 Å². The molecule has 174 valence electrons. The molecule has 0 bridgehead atoms. The van der Waals surface area contributed by atoms with Crippen molar-refractivity contribution < 1.29 is 18.0 Å². The van der Waals surface area contributed by atoms with E-state index in [1.807, 2.05) is 0 Å². The predicted octanol–water partition coefficient (Wildman–Crippen LogP) is 3.31. The fraction of sp³-hybridized carbons (Fsp3) is 0.136. The number of hydrogen-bond donors (Lipinski definition) is 1. The third kappa shape index (κ3) is 4.69. The number of halogens is 4. The fourth-order valence-corrected chi connectivity index (χ4v) is 3.59. The molecule has 0 aliphatic heterocycles. The number of rotatable bonds is 5. The fourth-order valence-electron chi connectivity index (χ4n) is 3.37. The van der Waals surface area contributed by atoms with E-state index in [9.17, 15) is 27.6 Å². The van der Waals surface area contributed by atoms with Crippen molar-refractivity contribution in [2.75, 3.05) is 5.32 Å². The minimum atomic E-state index is -4.71. The molecule has 12 heteroatoms. The highest BCUT2D eigenvalue weighted by Crippen LogP contribution is 2.36. The van der Waals surface area contributed by atoms with Gasteiger partial charge in [-0.15, -0.1) is 0 Å². The van der Waals surface area contributed by atoms with Crippen LogP contribution in [0.5, 0.6) is 0 Å². The van der Waals surface area contributed by atoms with Crippen molar-refractivity contribution >= 4 is 34.2 Å². The molecule has 4 rings (SSSR count). The first-order valence-corrected chi connectivity index (χ1v) is 10.2. The molecular weight excluding hydrogens is 475 g/mol. The Morgan fingerprint density at radius 2 is 1.76 bits per heavy atom. The Hall–Kier alpha value is -3.99. The van der Waals surface area contributed by atoms with Crippen LogP contribution in [-0.2, 0) is 24.1 Å². The third-order valence-corrected chi connectivity index (χ3v) is 5.26. The number of aromatic nitrogens is 4. The zero-order valence-corrected chi connectivity index (χ0v) is 18.0. The summed E-state index contributed by atoms with van der Waals surface area (Å²) in [7, 11) is 0.